The SMILES string of the molecule is c1ccc(-c2cccc(-c3cc(-c4ccccc4)c4cc(-c5ccccc5)ccc4n3)c2)cc1. The van der Waals surface area contributed by atoms with Crippen molar-refractivity contribution in [1.82, 2.24) is 4.98 Å². The monoisotopic (exact) mass is 433 g/mol. The molecule has 0 unspecified atom stereocenters. The zero-order valence-corrected chi connectivity index (χ0v) is 18.7. The highest BCUT2D eigenvalue weighted by molar-refractivity contribution is 5.99. The molecule has 1 heterocycles. The van der Waals surface area contributed by atoms with Crippen LogP contribution in [0.4, 0.5) is 0 Å². The van der Waals surface area contributed by atoms with Gasteiger partial charge in [-0.1, -0.05) is 115 Å². The molecule has 1 aromatic heterocycles. The first-order valence-corrected chi connectivity index (χ1v) is 11.6. The van der Waals surface area contributed by atoms with E-state index in [9.17, 15) is 0 Å². The smallest absolute Gasteiger partial charge is 0.0716 e. The molecule has 5 aromatic carbocycles. The van der Waals surface area contributed by atoms with Gasteiger partial charge in [-0.25, -0.2) is 4.98 Å². The number of hydrogen-bond acceptors (Lipinski definition) is 1. The molecule has 1 heteroatoms. The van der Waals surface area contributed by atoms with E-state index in [2.05, 4.69) is 133 Å². The van der Waals surface area contributed by atoms with Gasteiger partial charge >= 0.3 is 0 Å². The zero-order chi connectivity index (χ0) is 22.7. The molecule has 0 N–H and O–H groups in total. The minimum Gasteiger partial charge on any atom is -0.248 e. The first-order chi connectivity index (χ1) is 16.8. The highest BCUT2D eigenvalue weighted by atomic mass is 14.7. The normalized spacial score (nSPS) is 10.9. The Bertz CT molecular complexity index is 1570. The van der Waals surface area contributed by atoms with E-state index in [0.29, 0.717) is 0 Å². The summed E-state index contributed by atoms with van der Waals surface area (Å²) in [5.74, 6) is 0. The van der Waals surface area contributed by atoms with Crippen LogP contribution in [0, 0.1) is 0 Å². The molecule has 0 radical (unpaired) electrons. The summed E-state index contributed by atoms with van der Waals surface area (Å²) in [6.07, 6.45) is 0. The number of rotatable bonds is 4. The fourth-order valence-electron chi connectivity index (χ4n) is 4.53. The largest absolute Gasteiger partial charge is 0.248 e. The van der Waals surface area contributed by atoms with Crippen LogP contribution in [0.1, 0.15) is 0 Å². The molecule has 0 aliphatic carbocycles. The zero-order valence-electron chi connectivity index (χ0n) is 18.7. The number of aromatic nitrogens is 1. The van der Waals surface area contributed by atoms with Crippen LogP contribution in [-0.4, -0.2) is 4.98 Å². The van der Waals surface area contributed by atoms with Gasteiger partial charge in [-0.05, 0) is 57.6 Å². The average molecular weight is 434 g/mol. The lowest BCUT2D eigenvalue weighted by atomic mass is 9.95. The number of nitrogens with zero attached hydrogens (tertiary/aromatic N) is 1. The lowest BCUT2D eigenvalue weighted by molar-refractivity contribution is 1.40. The summed E-state index contributed by atoms with van der Waals surface area (Å²) in [4.78, 5) is 5.10. The quantitative estimate of drug-likeness (QED) is 0.270. The van der Waals surface area contributed by atoms with E-state index in [1.54, 1.807) is 0 Å². The first kappa shape index (κ1) is 20.1. The molecule has 6 aromatic rings. The summed E-state index contributed by atoms with van der Waals surface area (Å²) in [7, 11) is 0. The van der Waals surface area contributed by atoms with E-state index in [1.165, 1.54) is 33.4 Å². The second-order valence-electron chi connectivity index (χ2n) is 8.47. The minimum atomic E-state index is 0.983. The summed E-state index contributed by atoms with van der Waals surface area (Å²) in [6, 6.07) is 49.1. The van der Waals surface area contributed by atoms with Crippen LogP contribution in [0.25, 0.3) is 55.5 Å². The maximum atomic E-state index is 5.10. The molecule has 34 heavy (non-hydrogen) atoms. The van der Waals surface area contributed by atoms with Gasteiger partial charge in [0.1, 0.15) is 0 Å². The Labute approximate surface area is 200 Å². The Morgan fingerprint density at radius 2 is 0.882 bits per heavy atom. The van der Waals surface area contributed by atoms with E-state index >= 15 is 0 Å². The van der Waals surface area contributed by atoms with Gasteiger partial charge in [0.15, 0.2) is 0 Å². The number of benzene rings is 5. The maximum Gasteiger partial charge on any atom is 0.0716 e. The van der Waals surface area contributed by atoms with Crippen LogP contribution in [0.5, 0.6) is 0 Å². The molecule has 0 saturated carbocycles. The molecule has 6 rings (SSSR count). The van der Waals surface area contributed by atoms with Crippen molar-refractivity contribution in [1.29, 1.82) is 0 Å². The van der Waals surface area contributed by atoms with Crippen molar-refractivity contribution in [2.75, 3.05) is 0 Å². The second kappa shape index (κ2) is 8.80. The maximum absolute atomic E-state index is 5.10. The van der Waals surface area contributed by atoms with Crippen molar-refractivity contribution >= 4 is 10.9 Å². The third kappa shape index (κ3) is 3.89. The molecule has 160 valence electrons. The molecular weight excluding hydrogens is 410 g/mol. The van der Waals surface area contributed by atoms with E-state index in [1.807, 2.05) is 6.07 Å². The third-order valence-corrected chi connectivity index (χ3v) is 6.27. The van der Waals surface area contributed by atoms with Crippen molar-refractivity contribution in [2.45, 2.75) is 0 Å². The first-order valence-electron chi connectivity index (χ1n) is 11.6. The van der Waals surface area contributed by atoms with Crippen molar-refractivity contribution < 1.29 is 0 Å². The van der Waals surface area contributed by atoms with E-state index in [0.717, 1.165) is 22.2 Å². The van der Waals surface area contributed by atoms with Gasteiger partial charge in [-0.3, -0.25) is 0 Å². The standard InChI is InChI=1S/C33H23N/c1-4-11-24(12-5-1)27-17-10-18-29(21-27)33-23-30(26-15-8-3-9-16-26)31-22-28(19-20-32(31)34-33)25-13-6-2-7-14-25/h1-23H. The molecule has 0 saturated heterocycles. The van der Waals surface area contributed by atoms with Gasteiger partial charge in [-0.2, -0.15) is 0 Å². The summed E-state index contributed by atoms with van der Waals surface area (Å²) >= 11 is 0. The molecule has 0 amide bonds. The van der Waals surface area contributed by atoms with Crippen molar-refractivity contribution in [3.05, 3.63) is 140 Å². The van der Waals surface area contributed by atoms with Gasteiger partial charge in [0.2, 0.25) is 0 Å². The molecule has 0 atom stereocenters. The summed E-state index contributed by atoms with van der Waals surface area (Å²) in [6.45, 7) is 0. The predicted octanol–water partition coefficient (Wildman–Crippen LogP) is 8.90. The Kier molecular flexibility index (Phi) is 5.21. The van der Waals surface area contributed by atoms with E-state index in [4.69, 9.17) is 4.98 Å². The highest BCUT2D eigenvalue weighted by Crippen LogP contribution is 2.35. The summed E-state index contributed by atoms with van der Waals surface area (Å²) in [5, 5.41) is 1.16. The summed E-state index contributed by atoms with van der Waals surface area (Å²) < 4.78 is 0. The average Bonchev–Trinajstić information content (AvgIpc) is 2.93. The fourth-order valence-corrected chi connectivity index (χ4v) is 4.53. The molecular formula is C33H23N. The third-order valence-electron chi connectivity index (χ3n) is 6.27. The summed E-state index contributed by atoms with van der Waals surface area (Å²) in [5.41, 5.74) is 10.3. The van der Waals surface area contributed by atoms with Gasteiger partial charge in [0.05, 0.1) is 11.2 Å². The number of hydrogen-bond donors (Lipinski definition) is 0. The van der Waals surface area contributed by atoms with Gasteiger partial charge in [0.25, 0.3) is 0 Å². The van der Waals surface area contributed by atoms with Crippen molar-refractivity contribution in [3.63, 3.8) is 0 Å². The van der Waals surface area contributed by atoms with Crippen molar-refractivity contribution in [3.8, 4) is 44.6 Å². The Morgan fingerprint density at radius 3 is 1.53 bits per heavy atom. The Morgan fingerprint density at radius 1 is 0.353 bits per heavy atom. The number of fused-ring (bicyclic) bond motifs is 1. The molecule has 0 fully saturated rings. The molecule has 0 spiro atoms. The Balaban J connectivity index is 1.55. The number of pyridine rings is 1. The second-order valence-corrected chi connectivity index (χ2v) is 8.47. The van der Waals surface area contributed by atoms with E-state index < -0.39 is 0 Å². The Hall–Kier alpha value is -4.49. The van der Waals surface area contributed by atoms with Crippen LogP contribution in [0.15, 0.2) is 140 Å². The van der Waals surface area contributed by atoms with Crippen LogP contribution in [-0.2, 0) is 0 Å². The van der Waals surface area contributed by atoms with Crippen molar-refractivity contribution in [2.24, 2.45) is 0 Å². The minimum absolute atomic E-state index is 0.983. The van der Waals surface area contributed by atoms with Gasteiger partial charge in [-0.15, -0.1) is 0 Å². The van der Waals surface area contributed by atoms with Gasteiger partial charge < -0.3 is 0 Å². The van der Waals surface area contributed by atoms with E-state index in [-0.39, 0.29) is 0 Å². The lowest BCUT2D eigenvalue weighted by Gasteiger charge is -2.13. The van der Waals surface area contributed by atoms with Crippen LogP contribution >= 0.6 is 0 Å². The van der Waals surface area contributed by atoms with Crippen LogP contribution < -0.4 is 0 Å². The molecule has 1 nitrogen and oxygen atoms in total. The van der Waals surface area contributed by atoms with Crippen LogP contribution in [0.3, 0.4) is 0 Å². The molecule has 0 aliphatic rings. The highest BCUT2D eigenvalue weighted by Gasteiger charge is 2.12. The van der Waals surface area contributed by atoms with Gasteiger partial charge in [0, 0.05) is 10.9 Å². The fraction of sp³-hybridized carbons (Fsp3) is 0. The van der Waals surface area contributed by atoms with Crippen LogP contribution in [0.2, 0.25) is 0 Å². The topological polar surface area (TPSA) is 12.9 Å². The lowest BCUT2D eigenvalue weighted by Crippen LogP contribution is -1.91. The molecule has 0 aliphatic heterocycles. The predicted molar refractivity (Wildman–Crippen MR) is 143 cm³/mol. The molecule has 0 bridgehead atoms.